The summed E-state index contributed by atoms with van der Waals surface area (Å²) in [6, 6.07) is 2.92. The zero-order valence-corrected chi connectivity index (χ0v) is 25.3. The van der Waals surface area contributed by atoms with E-state index in [0.29, 0.717) is 62.2 Å². The van der Waals surface area contributed by atoms with Crippen molar-refractivity contribution < 1.29 is 23.0 Å². The third-order valence-corrected chi connectivity index (χ3v) is 9.11. The standard InChI is InChI=1S/C30H31Cl2F2N5O4/c1-4-25(40)37-12-17(3)38(13-16(37)2)29-20-10-22(32)26(19-9-21(31)24(34)11-23(19)33)28-27(20)39(30(41)35-29)14-18(15-43-28)36-5-7-42-8-6-36/h4,9-11,16-18H,1,5-8,12-15H2,2-3H3/t16-,17+,18-/m1/s1. The highest BCUT2D eigenvalue weighted by atomic mass is 35.5. The van der Waals surface area contributed by atoms with Crippen LogP contribution in [0.2, 0.25) is 10.0 Å². The normalized spacial score (nSPS) is 22.8. The number of hydrogen-bond donors (Lipinski definition) is 0. The summed E-state index contributed by atoms with van der Waals surface area (Å²) in [7, 11) is 0. The molecule has 1 amide bonds. The first-order chi connectivity index (χ1) is 20.6. The Kier molecular flexibility index (Phi) is 8.10. The van der Waals surface area contributed by atoms with Crippen LogP contribution in [0.3, 0.4) is 0 Å². The van der Waals surface area contributed by atoms with Crippen molar-refractivity contribution >= 4 is 45.8 Å². The lowest BCUT2D eigenvalue weighted by atomic mass is 10.00. The quantitative estimate of drug-likeness (QED) is 0.312. The Morgan fingerprint density at radius 1 is 1.05 bits per heavy atom. The van der Waals surface area contributed by atoms with Crippen molar-refractivity contribution in [1.29, 1.82) is 0 Å². The Morgan fingerprint density at radius 3 is 2.51 bits per heavy atom. The molecule has 13 heteroatoms. The van der Waals surface area contributed by atoms with Gasteiger partial charge in [0.1, 0.15) is 24.1 Å². The molecule has 2 saturated heterocycles. The molecule has 3 aliphatic heterocycles. The number of aromatic nitrogens is 2. The highest BCUT2D eigenvalue weighted by Gasteiger charge is 2.36. The molecule has 0 unspecified atom stereocenters. The molecular weight excluding hydrogens is 603 g/mol. The molecule has 2 aromatic carbocycles. The topological polar surface area (TPSA) is 80.1 Å². The van der Waals surface area contributed by atoms with Crippen molar-refractivity contribution in [2.24, 2.45) is 0 Å². The van der Waals surface area contributed by atoms with Crippen LogP contribution in [-0.2, 0) is 16.1 Å². The zero-order chi connectivity index (χ0) is 30.6. The number of hydrogen-bond acceptors (Lipinski definition) is 7. The van der Waals surface area contributed by atoms with Crippen molar-refractivity contribution in [1.82, 2.24) is 19.4 Å². The van der Waals surface area contributed by atoms with E-state index in [4.69, 9.17) is 32.7 Å². The third kappa shape index (κ3) is 5.26. The Balaban J connectivity index is 1.56. The summed E-state index contributed by atoms with van der Waals surface area (Å²) in [5.74, 6) is -1.36. The Morgan fingerprint density at radius 2 is 1.79 bits per heavy atom. The molecule has 3 aliphatic rings. The number of nitrogens with zero attached hydrogens (tertiary/aromatic N) is 5. The summed E-state index contributed by atoms with van der Waals surface area (Å²) in [4.78, 5) is 36.8. The Hall–Kier alpha value is -3.25. The van der Waals surface area contributed by atoms with Gasteiger partial charge in [-0.2, -0.15) is 4.98 Å². The molecule has 0 aliphatic carbocycles. The molecular formula is C30H31Cl2F2N5O4. The first-order valence-corrected chi connectivity index (χ1v) is 14.9. The maximum atomic E-state index is 15.3. The van der Waals surface area contributed by atoms with Gasteiger partial charge in [-0.1, -0.05) is 29.8 Å². The average molecular weight is 635 g/mol. The molecule has 4 heterocycles. The van der Waals surface area contributed by atoms with Crippen molar-refractivity contribution in [3.05, 3.63) is 63.0 Å². The van der Waals surface area contributed by atoms with Crippen LogP contribution in [0.4, 0.5) is 14.6 Å². The van der Waals surface area contributed by atoms with Crippen LogP contribution >= 0.6 is 23.2 Å². The van der Waals surface area contributed by atoms with E-state index in [9.17, 15) is 14.0 Å². The minimum atomic E-state index is -0.903. The number of halogens is 4. The lowest BCUT2D eigenvalue weighted by Crippen LogP contribution is -2.58. The molecule has 228 valence electrons. The van der Waals surface area contributed by atoms with Crippen LogP contribution in [0.5, 0.6) is 5.75 Å². The van der Waals surface area contributed by atoms with E-state index in [-0.39, 0.29) is 64.1 Å². The zero-order valence-electron chi connectivity index (χ0n) is 23.8. The largest absolute Gasteiger partial charge is 0.489 e. The van der Waals surface area contributed by atoms with Gasteiger partial charge in [-0.05, 0) is 32.1 Å². The van der Waals surface area contributed by atoms with E-state index < -0.39 is 17.3 Å². The third-order valence-electron chi connectivity index (χ3n) is 8.52. The van der Waals surface area contributed by atoms with Gasteiger partial charge >= 0.3 is 5.69 Å². The van der Waals surface area contributed by atoms with Crippen LogP contribution in [0.15, 0.2) is 35.6 Å². The van der Waals surface area contributed by atoms with Crippen LogP contribution in [0.25, 0.3) is 22.0 Å². The fourth-order valence-electron chi connectivity index (χ4n) is 6.31. The number of rotatable bonds is 4. The molecule has 1 aromatic heterocycles. The van der Waals surface area contributed by atoms with Crippen molar-refractivity contribution in [2.45, 2.75) is 38.5 Å². The molecule has 6 rings (SSSR count). The van der Waals surface area contributed by atoms with Crippen molar-refractivity contribution in [3.63, 3.8) is 0 Å². The monoisotopic (exact) mass is 633 g/mol. The van der Waals surface area contributed by atoms with E-state index in [1.54, 1.807) is 15.5 Å². The summed E-state index contributed by atoms with van der Waals surface area (Å²) >= 11 is 13.0. The Bertz CT molecular complexity index is 1680. The van der Waals surface area contributed by atoms with Crippen LogP contribution < -0.4 is 15.3 Å². The maximum Gasteiger partial charge on any atom is 0.350 e. The summed E-state index contributed by atoms with van der Waals surface area (Å²) in [5, 5.41) is 0.396. The predicted molar refractivity (Wildman–Crippen MR) is 161 cm³/mol. The number of morpholine rings is 1. The van der Waals surface area contributed by atoms with E-state index in [1.165, 1.54) is 12.1 Å². The van der Waals surface area contributed by atoms with E-state index in [2.05, 4.69) is 16.5 Å². The van der Waals surface area contributed by atoms with Gasteiger partial charge in [-0.15, -0.1) is 0 Å². The lowest BCUT2D eigenvalue weighted by Gasteiger charge is -2.44. The molecule has 2 fully saturated rings. The van der Waals surface area contributed by atoms with E-state index >= 15 is 4.39 Å². The molecule has 0 bridgehead atoms. The van der Waals surface area contributed by atoms with E-state index in [1.807, 2.05) is 18.7 Å². The van der Waals surface area contributed by atoms with Gasteiger partial charge in [0.15, 0.2) is 5.75 Å². The van der Waals surface area contributed by atoms with Gasteiger partial charge in [0.25, 0.3) is 0 Å². The van der Waals surface area contributed by atoms with Crippen molar-refractivity contribution in [2.75, 3.05) is 50.9 Å². The SMILES string of the molecule is C=CC(=O)N1C[C@H](C)N(c2nc(=O)n3c4c(c(-c5cc(Cl)c(F)cc5F)c(Cl)cc24)OC[C@H](N2CCOCC2)C3)C[C@H]1C. The van der Waals surface area contributed by atoms with E-state index in [0.717, 1.165) is 0 Å². The highest BCUT2D eigenvalue weighted by Crippen LogP contribution is 2.46. The number of carbonyl (C=O) groups excluding carboxylic acids is 1. The van der Waals surface area contributed by atoms with Gasteiger partial charge < -0.3 is 19.3 Å². The number of benzene rings is 2. The summed E-state index contributed by atoms with van der Waals surface area (Å²) in [5.41, 5.74) is 0.0376. The smallest absolute Gasteiger partial charge is 0.350 e. The molecule has 0 saturated carbocycles. The minimum Gasteiger partial charge on any atom is -0.489 e. The van der Waals surface area contributed by atoms with Gasteiger partial charge in [-0.3, -0.25) is 14.3 Å². The molecule has 0 radical (unpaired) electrons. The second kappa shape index (κ2) is 11.7. The minimum absolute atomic E-state index is 0.0472. The first kappa shape index (κ1) is 29.8. The second-order valence-electron chi connectivity index (χ2n) is 11.2. The molecule has 3 atom stereocenters. The molecule has 0 spiro atoms. The van der Waals surface area contributed by atoms with Gasteiger partial charge in [0.05, 0.1) is 34.8 Å². The molecule has 3 aromatic rings. The second-order valence-corrected chi connectivity index (χ2v) is 12.0. The molecule has 0 N–H and O–H groups in total. The van der Waals surface area contributed by atoms with Crippen LogP contribution in [0.1, 0.15) is 13.8 Å². The number of piperazine rings is 1. The van der Waals surface area contributed by atoms with Crippen LogP contribution in [-0.4, -0.2) is 89.4 Å². The highest BCUT2D eigenvalue weighted by molar-refractivity contribution is 6.35. The summed E-state index contributed by atoms with van der Waals surface area (Å²) in [6.45, 7) is 11.2. The van der Waals surface area contributed by atoms with Crippen molar-refractivity contribution in [3.8, 4) is 16.9 Å². The lowest BCUT2D eigenvalue weighted by molar-refractivity contribution is -0.128. The first-order valence-electron chi connectivity index (χ1n) is 14.1. The summed E-state index contributed by atoms with van der Waals surface area (Å²) in [6.07, 6.45) is 1.29. The number of ether oxygens (including phenoxy) is 2. The van der Waals surface area contributed by atoms with Gasteiger partial charge in [-0.25, -0.2) is 13.6 Å². The number of anilines is 1. The molecule has 9 nitrogen and oxygen atoms in total. The predicted octanol–water partition coefficient (Wildman–Crippen LogP) is 4.35. The number of carbonyl (C=O) groups is 1. The number of amides is 1. The average Bonchev–Trinajstić information content (AvgIpc) is 3.19. The summed E-state index contributed by atoms with van der Waals surface area (Å²) < 4.78 is 43.0. The maximum absolute atomic E-state index is 15.3. The fourth-order valence-corrected chi connectivity index (χ4v) is 6.77. The fraction of sp³-hybridized carbons (Fsp3) is 0.433. The molecule has 43 heavy (non-hydrogen) atoms. The van der Waals surface area contributed by atoms with Gasteiger partial charge in [0.2, 0.25) is 5.91 Å². The van der Waals surface area contributed by atoms with Crippen LogP contribution in [0, 0.1) is 11.6 Å². The Labute approximate surface area is 257 Å². The van der Waals surface area contributed by atoms with Gasteiger partial charge in [0, 0.05) is 67.4 Å².